The van der Waals surface area contributed by atoms with Gasteiger partial charge in [0.2, 0.25) is 16.9 Å². The van der Waals surface area contributed by atoms with Crippen LogP contribution < -0.4 is 10.2 Å². The number of para-hydroxylation sites is 1. The van der Waals surface area contributed by atoms with Crippen LogP contribution in [-0.4, -0.2) is 28.6 Å². The topological polar surface area (TPSA) is 75.2 Å². The van der Waals surface area contributed by atoms with Crippen LogP contribution in [0.2, 0.25) is 0 Å². The third kappa shape index (κ3) is 4.41. The van der Waals surface area contributed by atoms with E-state index in [2.05, 4.69) is 15.5 Å². The van der Waals surface area contributed by atoms with Crippen molar-refractivity contribution in [1.82, 2.24) is 10.2 Å². The molecular weight excluding hydrogens is 384 g/mol. The van der Waals surface area contributed by atoms with E-state index in [1.165, 1.54) is 17.4 Å². The number of rotatable bonds is 5. The highest BCUT2D eigenvalue weighted by Crippen LogP contribution is 2.35. The highest BCUT2D eigenvalue weighted by molar-refractivity contribution is 7.15. The summed E-state index contributed by atoms with van der Waals surface area (Å²) in [6.45, 7) is 2.57. The molecule has 1 aliphatic heterocycles. The standard InChI is InChI=1S/C22H20N4O2S/c1-15-7-5-6-10-18(15)26-14-17(13-20(26)28)21-24-25-22(29-21)23-19(27)12-11-16-8-3-2-4-9-16/h2-12,17H,13-14H2,1H3,(H,23,25,27)/b12-11+. The first-order valence-corrected chi connectivity index (χ1v) is 10.2. The maximum Gasteiger partial charge on any atom is 0.250 e. The molecule has 7 heteroatoms. The monoisotopic (exact) mass is 404 g/mol. The quantitative estimate of drug-likeness (QED) is 0.652. The second-order valence-electron chi connectivity index (χ2n) is 6.87. The van der Waals surface area contributed by atoms with E-state index >= 15 is 0 Å². The van der Waals surface area contributed by atoms with Gasteiger partial charge in [0.15, 0.2) is 0 Å². The highest BCUT2D eigenvalue weighted by Gasteiger charge is 2.34. The van der Waals surface area contributed by atoms with Gasteiger partial charge in [0, 0.05) is 30.6 Å². The molecule has 1 unspecified atom stereocenters. The SMILES string of the molecule is Cc1ccccc1N1CC(c2nnc(NC(=O)/C=C/c3ccccc3)s2)CC1=O. The Balaban J connectivity index is 1.40. The molecule has 0 spiro atoms. The van der Waals surface area contributed by atoms with Crippen LogP contribution in [0.4, 0.5) is 10.8 Å². The molecule has 1 N–H and O–H groups in total. The Labute approximate surface area is 172 Å². The molecule has 146 valence electrons. The molecule has 4 rings (SSSR count). The summed E-state index contributed by atoms with van der Waals surface area (Å²) in [4.78, 5) is 26.4. The minimum absolute atomic E-state index is 0.0230. The van der Waals surface area contributed by atoms with Crippen molar-refractivity contribution in [2.75, 3.05) is 16.8 Å². The third-order valence-electron chi connectivity index (χ3n) is 4.78. The summed E-state index contributed by atoms with van der Waals surface area (Å²) in [5.41, 5.74) is 2.95. The Hall–Kier alpha value is -3.32. The molecule has 1 saturated heterocycles. The minimum Gasteiger partial charge on any atom is -0.311 e. The maximum absolute atomic E-state index is 12.5. The zero-order valence-corrected chi connectivity index (χ0v) is 16.7. The molecule has 1 fully saturated rings. The van der Waals surface area contributed by atoms with Gasteiger partial charge >= 0.3 is 0 Å². The van der Waals surface area contributed by atoms with Gasteiger partial charge < -0.3 is 4.90 Å². The molecular formula is C22H20N4O2S. The Morgan fingerprint density at radius 1 is 1.14 bits per heavy atom. The summed E-state index contributed by atoms with van der Waals surface area (Å²) < 4.78 is 0. The van der Waals surface area contributed by atoms with Crippen molar-refractivity contribution in [2.45, 2.75) is 19.3 Å². The average Bonchev–Trinajstić information content (AvgIpc) is 3.34. The molecule has 6 nitrogen and oxygen atoms in total. The summed E-state index contributed by atoms with van der Waals surface area (Å²) in [6.07, 6.45) is 3.60. The van der Waals surface area contributed by atoms with E-state index in [9.17, 15) is 9.59 Å². The second kappa shape index (κ2) is 8.36. The molecule has 1 aliphatic rings. The van der Waals surface area contributed by atoms with Crippen LogP contribution in [-0.2, 0) is 9.59 Å². The van der Waals surface area contributed by atoms with Crippen LogP contribution >= 0.6 is 11.3 Å². The number of amides is 2. The fraction of sp³-hybridized carbons (Fsp3) is 0.182. The van der Waals surface area contributed by atoms with Gasteiger partial charge in [0.05, 0.1) is 0 Å². The van der Waals surface area contributed by atoms with Crippen molar-refractivity contribution in [3.8, 4) is 0 Å². The molecule has 0 aliphatic carbocycles. The molecule has 2 amide bonds. The third-order valence-corrected chi connectivity index (χ3v) is 5.78. The van der Waals surface area contributed by atoms with Gasteiger partial charge in [0.1, 0.15) is 5.01 Å². The van der Waals surface area contributed by atoms with Crippen LogP contribution in [0, 0.1) is 6.92 Å². The number of aryl methyl sites for hydroxylation is 1. The Kier molecular flexibility index (Phi) is 5.48. The number of carbonyl (C=O) groups is 2. The van der Waals surface area contributed by atoms with E-state index in [1.54, 1.807) is 6.08 Å². The van der Waals surface area contributed by atoms with Crippen LogP contribution in [0.15, 0.2) is 60.7 Å². The normalized spacial score (nSPS) is 16.5. The van der Waals surface area contributed by atoms with E-state index in [1.807, 2.05) is 66.4 Å². The lowest BCUT2D eigenvalue weighted by Crippen LogP contribution is -2.25. The molecule has 3 aromatic rings. The summed E-state index contributed by atoms with van der Waals surface area (Å²) in [6, 6.07) is 17.4. The van der Waals surface area contributed by atoms with E-state index in [4.69, 9.17) is 0 Å². The summed E-state index contributed by atoms with van der Waals surface area (Å²) in [5.74, 6) is -0.207. The summed E-state index contributed by atoms with van der Waals surface area (Å²) >= 11 is 1.32. The first-order chi connectivity index (χ1) is 14.1. The fourth-order valence-electron chi connectivity index (χ4n) is 3.31. The number of benzene rings is 2. The first kappa shape index (κ1) is 19.0. The smallest absolute Gasteiger partial charge is 0.250 e. The summed E-state index contributed by atoms with van der Waals surface area (Å²) in [7, 11) is 0. The molecule has 1 atom stereocenters. The van der Waals surface area contributed by atoms with Crippen molar-refractivity contribution in [2.24, 2.45) is 0 Å². The second-order valence-corrected chi connectivity index (χ2v) is 7.88. The predicted octanol–water partition coefficient (Wildman–Crippen LogP) is 4.02. The van der Waals surface area contributed by atoms with Gasteiger partial charge in [-0.2, -0.15) is 0 Å². The predicted molar refractivity (Wildman–Crippen MR) is 115 cm³/mol. The minimum atomic E-state index is -0.263. The van der Waals surface area contributed by atoms with Crippen LogP contribution in [0.1, 0.15) is 28.5 Å². The number of carbonyl (C=O) groups excluding carboxylic acids is 2. The van der Waals surface area contributed by atoms with Crippen molar-refractivity contribution in [3.05, 3.63) is 76.8 Å². The van der Waals surface area contributed by atoms with Crippen molar-refractivity contribution >= 4 is 40.0 Å². The van der Waals surface area contributed by atoms with E-state index in [0.29, 0.717) is 18.1 Å². The van der Waals surface area contributed by atoms with Gasteiger partial charge in [-0.1, -0.05) is 59.9 Å². The zero-order valence-electron chi connectivity index (χ0n) is 15.9. The number of hydrogen-bond acceptors (Lipinski definition) is 5. The molecule has 1 aromatic heterocycles. The Morgan fingerprint density at radius 2 is 1.90 bits per heavy atom. The number of anilines is 2. The lowest BCUT2D eigenvalue weighted by molar-refractivity contribution is -0.117. The lowest BCUT2D eigenvalue weighted by atomic mass is 10.1. The van der Waals surface area contributed by atoms with Crippen LogP contribution in [0.3, 0.4) is 0 Å². The van der Waals surface area contributed by atoms with Crippen molar-refractivity contribution < 1.29 is 9.59 Å². The highest BCUT2D eigenvalue weighted by atomic mass is 32.1. The Bertz CT molecular complexity index is 1060. The lowest BCUT2D eigenvalue weighted by Gasteiger charge is -2.18. The Morgan fingerprint density at radius 3 is 2.69 bits per heavy atom. The largest absolute Gasteiger partial charge is 0.311 e. The van der Waals surface area contributed by atoms with Gasteiger partial charge in [-0.3, -0.25) is 14.9 Å². The first-order valence-electron chi connectivity index (χ1n) is 9.33. The van der Waals surface area contributed by atoms with Crippen molar-refractivity contribution in [3.63, 3.8) is 0 Å². The van der Waals surface area contributed by atoms with Crippen molar-refractivity contribution in [1.29, 1.82) is 0 Å². The number of nitrogens with zero attached hydrogens (tertiary/aromatic N) is 3. The summed E-state index contributed by atoms with van der Waals surface area (Å²) in [5, 5.41) is 12.2. The molecule has 29 heavy (non-hydrogen) atoms. The average molecular weight is 404 g/mol. The maximum atomic E-state index is 12.5. The molecule has 0 saturated carbocycles. The molecule has 2 heterocycles. The fourth-order valence-corrected chi connectivity index (χ4v) is 4.14. The number of aromatic nitrogens is 2. The van der Waals surface area contributed by atoms with E-state index in [0.717, 1.165) is 21.8 Å². The van der Waals surface area contributed by atoms with Crippen LogP contribution in [0.5, 0.6) is 0 Å². The number of hydrogen-bond donors (Lipinski definition) is 1. The zero-order chi connectivity index (χ0) is 20.2. The van der Waals surface area contributed by atoms with Gasteiger partial charge in [0.25, 0.3) is 0 Å². The number of nitrogens with one attached hydrogen (secondary N) is 1. The van der Waals surface area contributed by atoms with E-state index in [-0.39, 0.29) is 17.7 Å². The molecule has 2 aromatic carbocycles. The van der Waals surface area contributed by atoms with Gasteiger partial charge in [-0.05, 0) is 30.2 Å². The molecule has 0 bridgehead atoms. The van der Waals surface area contributed by atoms with Crippen LogP contribution in [0.25, 0.3) is 6.08 Å². The molecule has 0 radical (unpaired) electrons. The van der Waals surface area contributed by atoms with Gasteiger partial charge in [-0.15, -0.1) is 10.2 Å². The van der Waals surface area contributed by atoms with Gasteiger partial charge in [-0.25, -0.2) is 0 Å². The van der Waals surface area contributed by atoms with E-state index < -0.39 is 0 Å².